The number of nitrogens with zero attached hydrogens (tertiary/aromatic N) is 1. The third-order valence-corrected chi connectivity index (χ3v) is 7.82. The Hall–Kier alpha value is -2.85. The number of halogens is 2. The molecule has 1 aliphatic carbocycles. The van der Waals surface area contributed by atoms with E-state index in [4.69, 9.17) is 0 Å². The molecule has 0 atom stereocenters. The van der Waals surface area contributed by atoms with Crippen LogP contribution in [0.2, 0.25) is 19.6 Å². The number of aromatic nitrogens is 1. The molecule has 1 nitrogen and oxygen atoms in total. The first kappa shape index (κ1) is 18.2. The molecule has 0 unspecified atom stereocenters. The second kappa shape index (κ2) is 6.07. The summed E-state index contributed by atoms with van der Waals surface area (Å²) >= 11 is 0. The van der Waals surface area contributed by atoms with Gasteiger partial charge in [0.05, 0.1) is 19.3 Å². The summed E-state index contributed by atoms with van der Waals surface area (Å²) in [5.41, 5.74) is 2.43. The fourth-order valence-corrected chi connectivity index (χ4v) is 5.40. The van der Waals surface area contributed by atoms with Crippen molar-refractivity contribution in [3.05, 3.63) is 84.1 Å². The quantitative estimate of drug-likeness (QED) is 0.346. The van der Waals surface area contributed by atoms with Crippen LogP contribution in [-0.4, -0.2) is 13.1 Å². The van der Waals surface area contributed by atoms with Gasteiger partial charge in [0.2, 0.25) is 0 Å². The van der Waals surface area contributed by atoms with Crippen molar-refractivity contribution in [1.29, 1.82) is 0 Å². The van der Waals surface area contributed by atoms with E-state index in [1.54, 1.807) is 18.3 Å². The Balaban J connectivity index is 1.78. The van der Waals surface area contributed by atoms with Crippen molar-refractivity contribution >= 4 is 24.0 Å². The first-order valence-electron chi connectivity index (χ1n) is 9.79. The molecule has 0 N–H and O–H groups in total. The van der Waals surface area contributed by atoms with Crippen LogP contribution in [0, 0.1) is 0 Å². The molecule has 29 heavy (non-hydrogen) atoms. The van der Waals surface area contributed by atoms with Gasteiger partial charge in [0.15, 0.2) is 0 Å². The Morgan fingerprint density at radius 3 is 2.24 bits per heavy atom. The predicted octanol–water partition coefficient (Wildman–Crippen LogP) is 6.57. The number of rotatable bonds is 2. The molecular formula is C25H21F2NSi. The molecule has 0 saturated carbocycles. The van der Waals surface area contributed by atoms with Gasteiger partial charge in [-0.15, -0.1) is 0 Å². The molecule has 0 radical (unpaired) electrons. The number of benzene rings is 3. The fraction of sp³-hybridized carbons (Fsp3) is 0.160. The van der Waals surface area contributed by atoms with E-state index in [0.717, 1.165) is 16.3 Å². The van der Waals surface area contributed by atoms with Gasteiger partial charge in [-0.3, -0.25) is 4.98 Å². The van der Waals surface area contributed by atoms with E-state index in [2.05, 4.69) is 30.7 Å². The Kier molecular flexibility index (Phi) is 3.81. The van der Waals surface area contributed by atoms with E-state index in [1.807, 2.05) is 48.5 Å². The Morgan fingerprint density at radius 2 is 1.52 bits per heavy atom. The summed E-state index contributed by atoms with van der Waals surface area (Å²) in [6, 6.07) is 20.9. The molecule has 4 aromatic rings. The van der Waals surface area contributed by atoms with E-state index in [0.29, 0.717) is 16.8 Å². The molecule has 1 heterocycles. The zero-order valence-electron chi connectivity index (χ0n) is 16.6. The van der Waals surface area contributed by atoms with Crippen LogP contribution in [0.3, 0.4) is 0 Å². The van der Waals surface area contributed by atoms with Gasteiger partial charge in [-0.05, 0) is 40.1 Å². The van der Waals surface area contributed by atoms with E-state index in [-0.39, 0.29) is 11.1 Å². The average Bonchev–Trinajstić information content (AvgIpc) is 2.93. The lowest BCUT2D eigenvalue weighted by atomic mass is 9.99. The SMILES string of the molecule is C[Si](C)(C)c1cccc(-c2nccc3c2C(F)(F)c2cc4ccccc4cc2-3)c1. The molecule has 5 rings (SSSR count). The van der Waals surface area contributed by atoms with Crippen LogP contribution >= 0.6 is 0 Å². The summed E-state index contributed by atoms with van der Waals surface area (Å²) in [6.45, 7) is 6.76. The lowest BCUT2D eigenvalue weighted by Gasteiger charge is -2.19. The number of hydrogen-bond acceptors (Lipinski definition) is 1. The van der Waals surface area contributed by atoms with Crippen molar-refractivity contribution in [2.45, 2.75) is 25.6 Å². The first-order chi connectivity index (χ1) is 13.8. The highest BCUT2D eigenvalue weighted by molar-refractivity contribution is 6.88. The molecular weight excluding hydrogens is 380 g/mol. The Morgan fingerprint density at radius 1 is 0.793 bits per heavy atom. The van der Waals surface area contributed by atoms with Crippen molar-refractivity contribution in [2.24, 2.45) is 0 Å². The lowest BCUT2D eigenvalue weighted by Crippen LogP contribution is -2.37. The molecule has 3 aromatic carbocycles. The standard InChI is InChI=1S/C25H21F2NSi/c1-29(2,3)19-10-6-9-18(13-19)24-23-20(11-12-28-24)21-14-16-7-4-5-8-17(16)15-22(21)25(23,26)27/h4-15H,1-3H3. The van der Waals surface area contributed by atoms with Crippen molar-refractivity contribution in [3.63, 3.8) is 0 Å². The molecule has 0 amide bonds. The molecule has 0 bridgehead atoms. The van der Waals surface area contributed by atoms with E-state index in [9.17, 15) is 0 Å². The normalized spacial score (nSPS) is 14.7. The minimum absolute atomic E-state index is 0.0260. The molecule has 144 valence electrons. The van der Waals surface area contributed by atoms with Crippen LogP contribution in [0.5, 0.6) is 0 Å². The maximum Gasteiger partial charge on any atom is 0.301 e. The third kappa shape index (κ3) is 2.74. The van der Waals surface area contributed by atoms with Crippen molar-refractivity contribution in [3.8, 4) is 22.4 Å². The topological polar surface area (TPSA) is 12.9 Å². The summed E-state index contributed by atoms with van der Waals surface area (Å²) in [7, 11) is -1.57. The number of fused-ring (bicyclic) bond motifs is 4. The third-order valence-electron chi connectivity index (χ3n) is 5.78. The average molecular weight is 402 g/mol. The van der Waals surface area contributed by atoms with Gasteiger partial charge < -0.3 is 0 Å². The zero-order chi connectivity index (χ0) is 20.4. The van der Waals surface area contributed by atoms with Gasteiger partial charge in [-0.2, -0.15) is 8.78 Å². The number of hydrogen-bond donors (Lipinski definition) is 0. The molecule has 0 fully saturated rings. The number of alkyl halides is 2. The highest BCUT2D eigenvalue weighted by atomic mass is 28.3. The van der Waals surface area contributed by atoms with Crippen molar-refractivity contribution < 1.29 is 8.78 Å². The van der Waals surface area contributed by atoms with Crippen LogP contribution < -0.4 is 5.19 Å². The largest absolute Gasteiger partial charge is 0.301 e. The van der Waals surface area contributed by atoms with Crippen molar-refractivity contribution in [2.75, 3.05) is 0 Å². The predicted molar refractivity (Wildman–Crippen MR) is 119 cm³/mol. The molecule has 0 saturated heterocycles. The van der Waals surface area contributed by atoms with Crippen LogP contribution in [0.25, 0.3) is 33.2 Å². The van der Waals surface area contributed by atoms with Gasteiger partial charge >= 0.3 is 5.92 Å². The van der Waals surface area contributed by atoms with E-state index < -0.39 is 14.0 Å². The van der Waals surface area contributed by atoms with Crippen LogP contribution in [0.1, 0.15) is 11.1 Å². The minimum atomic E-state index is -3.08. The monoisotopic (exact) mass is 401 g/mol. The van der Waals surface area contributed by atoms with Crippen LogP contribution in [0.4, 0.5) is 8.78 Å². The second-order valence-electron chi connectivity index (χ2n) is 8.73. The molecule has 1 aliphatic rings. The molecule has 0 aliphatic heterocycles. The smallest absolute Gasteiger partial charge is 0.256 e. The highest BCUT2D eigenvalue weighted by Gasteiger charge is 2.47. The van der Waals surface area contributed by atoms with Crippen LogP contribution in [-0.2, 0) is 5.92 Å². The summed E-state index contributed by atoms with van der Waals surface area (Å²) in [4.78, 5) is 4.43. The minimum Gasteiger partial charge on any atom is -0.256 e. The van der Waals surface area contributed by atoms with Gasteiger partial charge in [0.25, 0.3) is 0 Å². The van der Waals surface area contributed by atoms with Crippen molar-refractivity contribution in [1.82, 2.24) is 4.98 Å². The number of pyridine rings is 1. The second-order valence-corrected chi connectivity index (χ2v) is 13.8. The van der Waals surface area contributed by atoms with E-state index >= 15 is 8.78 Å². The van der Waals surface area contributed by atoms with Gasteiger partial charge in [0, 0.05) is 17.3 Å². The van der Waals surface area contributed by atoms with Crippen LogP contribution in [0.15, 0.2) is 72.9 Å². The Labute approximate surface area is 170 Å². The zero-order valence-corrected chi connectivity index (χ0v) is 17.6. The summed E-state index contributed by atoms with van der Waals surface area (Å²) in [6.07, 6.45) is 1.65. The summed E-state index contributed by atoms with van der Waals surface area (Å²) < 4.78 is 31.4. The van der Waals surface area contributed by atoms with Gasteiger partial charge in [-0.1, -0.05) is 73.4 Å². The molecule has 1 aromatic heterocycles. The Bertz CT molecular complexity index is 1270. The molecule has 4 heteroatoms. The maximum absolute atomic E-state index is 15.7. The fourth-order valence-electron chi connectivity index (χ4n) is 4.21. The summed E-state index contributed by atoms with van der Waals surface area (Å²) in [5.74, 6) is -3.08. The maximum atomic E-state index is 15.7. The molecule has 0 spiro atoms. The van der Waals surface area contributed by atoms with Gasteiger partial charge in [-0.25, -0.2) is 0 Å². The van der Waals surface area contributed by atoms with E-state index in [1.165, 1.54) is 5.19 Å². The highest BCUT2D eigenvalue weighted by Crippen LogP contribution is 2.54. The van der Waals surface area contributed by atoms with Gasteiger partial charge in [0.1, 0.15) is 0 Å². The lowest BCUT2D eigenvalue weighted by molar-refractivity contribution is 0.0484. The first-order valence-corrected chi connectivity index (χ1v) is 13.3. The summed E-state index contributed by atoms with van der Waals surface area (Å²) in [5, 5.41) is 3.03.